The van der Waals surface area contributed by atoms with Crippen molar-refractivity contribution in [1.82, 2.24) is 9.97 Å². The smallest absolute Gasteiger partial charge is 0.307 e. The Morgan fingerprint density at radius 3 is 2.74 bits per heavy atom. The lowest BCUT2D eigenvalue weighted by molar-refractivity contribution is -0.142. The maximum absolute atomic E-state index is 11.2. The van der Waals surface area contributed by atoms with Gasteiger partial charge in [0, 0.05) is 26.8 Å². The number of anilines is 2. The zero-order valence-electron chi connectivity index (χ0n) is 11.5. The van der Waals surface area contributed by atoms with Crippen LogP contribution in [-0.4, -0.2) is 43.2 Å². The van der Waals surface area contributed by atoms with E-state index >= 15 is 0 Å². The van der Waals surface area contributed by atoms with E-state index in [1.165, 1.54) is 0 Å². The average molecular weight is 268 g/mol. The highest BCUT2D eigenvalue weighted by atomic mass is 16.5. The molecule has 0 spiro atoms. The van der Waals surface area contributed by atoms with Gasteiger partial charge in [-0.1, -0.05) is 0 Å². The van der Waals surface area contributed by atoms with Gasteiger partial charge in [-0.15, -0.1) is 0 Å². The fourth-order valence-corrected chi connectivity index (χ4v) is 1.44. The van der Waals surface area contributed by atoms with Gasteiger partial charge in [-0.25, -0.2) is 9.97 Å². The van der Waals surface area contributed by atoms with Crippen molar-refractivity contribution >= 4 is 17.6 Å². The van der Waals surface area contributed by atoms with Crippen molar-refractivity contribution in [3.05, 3.63) is 11.9 Å². The first kappa shape index (κ1) is 15.2. The third-order valence-corrected chi connectivity index (χ3v) is 2.24. The fraction of sp³-hybridized carbons (Fsp3) is 0.583. The molecular formula is C12H20N4O3. The van der Waals surface area contributed by atoms with Crippen molar-refractivity contribution in [2.75, 3.05) is 37.9 Å². The molecule has 0 saturated carbocycles. The van der Waals surface area contributed by atoms with Gasteiger partial charge in [-0.3, -0.25) is 4.79 Å². The molecule has 2 N–H and O–H groups in total. The summed E-state index contributed by atoms with van der Waals surface area (Å²) < 4.78 is 9.85. The Labute approximate surface area is 112 Å². The SMILES string of the molecule is CCOC(=O)CCNc1cc(NC)nc(COC)n1. The largest absolute Gasteiger partial charge is 0.466 e. The van der Waals surface area contributed by atoms with Gasteiger partial charge in [-0.05, 0) is 6.92 Å². The Morgan fingerprint density at radius 2 is 2.11 bits per heavy atom. The van der Waals surface area contributed by atoms with Crippen LogP contribution in [0.25, 0.3) is 0 Å². The second-order valence-electron chi connectivity index (χ2n) is 3.72. The summed E-state index contributed by atoms with van der Waals surface area (Å²) in [6.45, 7) is 2.98. The van der Waals surface area contributed by atoms with Gasteiger partial charge in [0.15, 0.2) is 5.82 Å². The second-order valence-corrected chi connectivity index (χ2v) is 3.72. The molecule has 0 radical (unpaired) electrons. The Morgan fingerprint density at radius 1 is 1.37 bits per heavy atom. The van der Waals surface area contributed by atoms with Gasteiger partial charge in [0.1, 0.15) is 18.2 Å². The number of hydrogen-bond donors (Lipinski definition) is 2. The van der Waals surface area contributed by atoms with Crippen molar-refractivity contribution < 1.29 is 14.3 Å². The first-order valence-corrected chi connectivity index (χ1v) is 6.13. The molecule has 0 unspecified atom stereocenters. The van der Waals surface area contributed by atoms with Crippen LogP contribution >= 0.6 is 0 Å². The van der Waals surface area contributed by atoms with Crippen LogP contribution in [0, 0.1) is 0 Å². The molecule has 1 aromatic heterocycles. The highest BCUT2D eigenvalue weighted by molar-refractivity contribution is 5.70. The first-order valence-electron chi connectivity index (χ1n) is 6.13. The summed E-state index contributed by atoms with van der Waals surface area (Å²) in [5.74, 6) is 1.69. The normalized spacial score (nSPS) is 10.1. The van der Waals surface area contributed by atoms with E-state index in [1.807, 2.05) is 0 Å². The molecule has 0 aliphatic carbocycles. The monoisotopic (exact) mass is 268 g/mol. The topological polar surface area (TPSA) is 85.4 Å². The number of carbonyl (C=O) groups excluding carboxylic acids is 1. The van der Waals surface area contributed by atoms with Crippen LogP contribution in [0.3, 0.4) is 0 Å². The van der Waals surface area contributed by atoms with E-state index in [0.29, 0.717) is 43.6 Å². The molecule has 0 aliphatic heterocycles. The standard InChI is InChI=1S/C12H20N4O3/c1-4-19-12(17)5-6-14-10-7-9(13-2)15-11(16-10)8-18-3/h7H,4-6,8H2,1-3H3,(H2,13,14,15,16). The van der Waals surface area contributed by atoms with Gasteiger partial charge in [-0.2, -0.15) is 0 Å². The number of methoxy groups -OCH3 is 1. The summed E-state index contributed by atoms with van der Waals surface area (Å²) in [5, 5.41) is 6.01. The number of aromatic nitrogens is 2. The molecule has 106 valence electrons. The van der Waals surface area contributed by atoms with Crippen LogP contribution in [0.5, 0.6) is 0 Å². The summed E-state index contributed by atoms with van der Waals surface area (Å²) in [5.41, 5.74) is 0. The number of nitrogens with zero attached hydrogens (tertiary/aromatic N) is 2. The highest BCUT2D eigenvalue weighted by Crippen LogP contribution is 2.11. The Balaban J connectivity index is 2.56. The zero-order chi connectivity index (χ0) is 14.1. The Hall–Kier alpha value is -1.89. The van der Waals surface area contributed by atoms with Gasteiger partial charge in [0.05, 0.1) is 13.0 Å². The van der Waals surface area contributed by atoms with Crippen LogP contribution < -0.4 is 10.6 Å². The lowest BCUT2D eigenvalue weighted by Gasteiger charge is -2.09. The molecule has 7 heteroatoms. The number of esters is 1. The average Bonchev–Trinajstić information content (AvgIpc) is 2.39. The van der Waals surface area contributed by atoms with E-state index in [9.17, 15) is 4.79 Å². The molecule has 0 aliphatic rings. The predicted octanol–water partition coefficient (Wildman–Crippen LogP) is 1.03. The lowest BCUT2D eigenvalue weighted by atomic mass is 10.4. The number of carbonyl (C=O) groups is 1. The first-order chi connectivity index (χ1) is 9.19. The van der Waals surface area contributed by atoms with Gasteiger partial charge < -0.3 is 20.1 Å². The molecule has 0 atom stereocenters. The molecule has 0 aromatic carbocycles. The van der Waals surface area contributed by atoms with Crippen molar-refractivity contribution in [2.45, 2.75) is 20.0 Å². The van der Waals surface area contributed by atoms with Crippen LogP contribution in [-0.2, 0) is 20.9 Å². The number of hydrogen-bond acceptors (Lipinski definition) is 7. The van der Waals surface area contributed by atoms with E-state index in [0.717, 1.165) is 0 Å². The number of nitrogens with one attached hydrogen (secondary N) is 2. The summed E-state index contributed by atoms with van der Waals surface area (Å²) in [6.07, 6.45) is 0.298. The Bertz CT molecular complexity index is 412. The summed E-state index contributed by atoms with van der Waals surface area (Å²) in [6, 6.07) is 1.77. The van der Waals surface area contributed by atoms with Gasteiger partial charge in [0.25, 0.3) is 0 Å². The molecule has 7 nitrogen and oxygen atoms in total. The van der Waals surface area contributed by atoms with E-state index in [1.54, 1.807) is 27.1 Å². The van der Waals surface area contributed by atoms with Crippen LogP contribution in [0.4, 0.5) is 11.6 Å². The highest BCUT2D eigenvalue weighted by Gasteiger charge is 2.05. The molecular weight excluding hydrogens is 248 g/mol. The van der Waals surface area contributed by atoms with E-state index < -0.39 is 0 Å². The predicted molar refractivity (Wildman–Crippen MR) is 72.0 cm³/mol. The third kappa shape index (κ3) is 5.52. The van der Waals surface area contributed by atoms with Crippen molar-refractivity contribution in [3.63, 3.8) is 0 Å². The fourth-order valence-electron chi connectivity index (χ4n) is 1.44. The molecule has 1 aromatic rings. The van der Waals surface area contributed by atoms with Gasteiger partial charge in [0.2, 0.25) is 0 Å². The molecule has 0 saturated heterocycles. The molecule has 0 fully saturated rings. The molecule has 1 heterocycles. The number of rotatable bonds is 8. The molecule has 0 bridgehead atoms. The number of ether oxygens (including phenoxy) is 2. The Kier molecular flexibility index (Phi) is 6.59. The minimum atomic E-state index is -0.227. The maximum atomic E-state index is 11.2. The summed E-state index contributed by atoms with van der Waals surface area (Å²) in [4.78, 5) is 19.7. The summed E-state index contributed by atoms with van der Waals surface area (Å²) in [7, 11) is 3.37. The molecule has 1 rings (SSSR count). The summed E-state index contributed by atoms with van der Waals surface area (Å²) >= 11 is 0. The van der Waals surface area contributed by atoms with Crippen LogP contribution in [0.2, 0.25) is 0 Å². The minimum absolute atomic E-state index is 0.227. The van der Waals surface area contributed by atoms with E-state index in [-0.39, 0.29) is 5.97 Å². The maximum Gasteiger partial charge on any atom is 0.307 e. The second kappa shape index (κ2) is 8.25. The van der Waals surface area contributed by atoms with E-state index in [4.69, 9.17) is 9.47 Å². The van der Waals surface area contributed by atoms with Crippen LogP contribution in [0.1, 0.15) is 19.2 Å². The quantitative estimate of drug-likeness (QED) is 0.681. The third-order valence-electron chi connectivity index (χ3n) is 2.24. The van der Waals surface area contributed by atoms with Crippen molar-refractivity contribution in [2.24, 2.45) is 0 Å². The molecule has 0 amide bonds. The van der Waals surface area contributed by atoms with Crippen molar-refractivity contribution in [1.29, 1.82) is 0 Å². The van der Waals surface area contributed by atoms with Gasteiger partial charge >= 0.3 is 5.97 Å². The van der Waals surface area contributed by atoms with Crippen molar-refractivity contribution in [3.8, 4) is 0 Å². The molecule has 19 heavy (non-hydrogen) atoms. The minimum Gasteiger partial charge on any atom is -0.466 e. The zero-order valence-corrected chi connectivity index (χ0v) is 11.5. The van der Waals surface area contributed by atoms with E-state index in [2.05, 4.69) is 20.6 Å². The van der Waals surface area contributed by atoms with Crippen LogP contribution in [0.15, 0.2) is 6.07 Å². The lowest BCUT2D eigenvalue weighted by Crippen LogP contribution is -2.13.